The Kier molecular flexibility index (Phi) is 7.61. The molecule has 0 aliphatic carbocycles. The van der Waals surface area contributed by atoms with Gasteiger partial charge in [0.05, 0.1) is 0 Å². The molecule has 8 heteroatoms. The number of nitrogens with zero attached hydrogens (tertiary/aromatic N) is 5. The van der Waals surface area contributed by atoms with Crippen molar-refractivity contribution >= 4 is 17.6 Å². The van der Waals surface area contributed by atoms with Gasteiger partial charge in [0.1, 0.15) is 12.2 Å². The minimum Gasteiger partial charge on any atom is -0.357 e. The zero-order chi connectivity index (χ0) is 20.5. The number of anilines is 1. The zero-order valence-electron chi connectivity index (χ0n) is 17.4. The first-order valence-corrected chi connectivity index (χ1v) is 10.5. The molecule has 0 unspecified atom stereocenters. The predicted molar refractivity (Wildman–Crippen MR) is 115 cm³/mol. The molecule has 1 aromatic carbocycles. The third-order valence-corrected chi connectivity index (χ3v) is 5.01. The van der Waals surface area contributed by atoms with Crippen molar-refractivity contribution in [1.29, 1.82) is 0 Å². The number of amides is 1. The number of carbonyl (C=O) groups is 1. The Bertz CT molecular complexity index is 830. The zero-order valence-corrected chi connectivity index (χ0v) is 17.4. The fourth-order valence-corrected chi connectivity index (χ4v) is 3.53. The van der Waals surface area contributed by atoms with Crippen LogP contribution in [0.4, 0.5) is 5.69 Å². The summed E-state index contributed by atoms with van der Waals surface area (Å²) in [5, 5.41) is 14.6. The van der Waals surface area contributed by atoms with E-state index in [-0.39, 0.29) is 5.91 Å². The number of rotatable bonds is 9. The first kappa shape index (κ1) is 20.8. The van der Waals surface area contributed by atoms with E-state index in [1.54, 1.807) is 6.33 Å². The van der Waals surface area contributed by atoms with E-state index in [9.17, 15) is 4.79 Å². The van der Waals surface area contributed by atoms with Crippen LogP contribution in [0.15, 0.2) is 35.6 Å². The van der Waals surface area contributed by atoms with Crippen molar-refractivity contribution in [3.63, 3.8) is 0 Å². The van der Waals surface area contributed by atoms with Crippen LogP contribution in [0.1, 0.15) is 38.1 Å². The second-order valence-electron chi connectivity index (χ2n) is 7.01. The topological polar surface area (TPSA) is 87.4 Å². The quantitative estimate of drug-likeness (QED) is 0.383. The van der Waals surface area contributed by atoms with Crippen LogP contribution in [-0.4, -0.2) is 52.8 Å². The SMILES string of the molecule is CCNC(=NCCCC(=O)N1CCc2ccccc21)NCCn1cnnc1CC. The lowest BCUT2D eigenvalue weighted by molar-refractivity contribution is -0.118. The highest BCUT2D eigenvalue weighted by atomic mass is 16.2. The maximum atomic E-state index is 12.6. The molecule has 0 saturated heterocycles. The molecule has 1 aromatic heterocycles. The van der Waals surface area contributed by atoms with Gasteiger partial charge in [-0.1, -0.05) is 25.1 Å². The van der Waals surface area contributed by atoms with Crippen LogP contribution >= 0.6 is 0 Å². The van der Waals surface area contributed by atoms with Crippen LogP contribution in [0.2, 0.25) is 0 Å². The lowest BCUT2D eigenvalue weighted by atomic mass is 10.2. The molecule has 0 atom stereocenters. The third-order valence-electron chi connectivity index (χ3n) is 5.01. The normalized spacial score (nSPS) is 13.4. The Morgan fingerprint density at radius 1 is 1.24 bits per heavy atom. The van der Waals surface area contributed by atoms with Gasteiger partial charge in [0, 0.05) is 51.3 Å². The van der Waals surface area contributed by atoms with Gasteiger partial charge in [-0.25, -0.2) is 0 Å². The molecule has 1 aliphatic rings. The highest BCUT2D eigenvalue weighted by Gasteiger charge is 2.23. The van der Waals surface area contributed by atoms with Gasteiger partial charge >= 0.3 is 0 Å². The average molecular weight is 398 g/mol. The second kappa shape index (κ2) is 10.6. The highest BCUT2D eigenvalue weighted by Crippen LogP contribution is 2.27. The number of para-hydroxylation sites is 1. The molecule has 0 spiro atoms. The first-order valence-electron chi connectivity index (χ1n) is 10.5. The highest BCUT2D eigenvalue weighted by molar-refractivity contribution is 5.95. The summed E-state index contributed by atoms with van der Waals surface area (Å²) in [6.07, 6.45) is 4.81. The summed E-state index contributed by atoms with van der Waals surface area (Å²) in [6, 6.07) is 8.16. The van der Waals surface area contributed by atoms with Crippen LogP contribution in [0, 0.1) is 0 Å². The molecule has 0 fully saturated rings. The van der Waals surface area contributed by atoms with Crippen molar-refractivity contribution in [3.05, 3.63) is 42.0 Å². The number of hydrogen-bond acceptors (Lipinski definition) is 4. The Morgan fingerprint density at radius 3 is 2.93 bits per heavy atom. The van der Waals surface area contributed by atoms with Crippen LogP contribution < -0.4 is 15.5 Å². The standard InChI is InChI=1S/C21H31N7O/c1-3-19-26-25-16-27(19)15-13-24-21(22-4-2)23-12-7-10-20(29)28-14-11-17-8-5-6-9-18(17)28/h5-6,8-9,16H,3-4,7,10-15H2,1-2H3,(H2,22,23,24). The Morgan fingerprint density at radius 2 is 2.10 bits per heavy atom. The maximum Gasteiger partial charge on any atom is 0.227 e. The first-order chi connectivity index (χ1) is 14.2. The predicted octanol–water partition coefficient (Wildman–Crippen LogP) is 1.77. The van der Waals surface area contributed by atoms with Gasteiger partial charge in [-0.2, -0.15) is 0 Å². The number of aryl methyl sites for hydroxylation is 1. The molecule has 0 bridgehead atoms. The molecule has 2 N–H and O–H groups in total. The number of fused-ring (bicyclic) bond motifs is 1. The second-order valence-corrected chi connectivity index (χ2v) is 7.01. The summed E-state index contributed by atoms with van der Waals surface area (Å²) in [5.74, 6) is 1.94. The lowest BCUT2D eigenvalue weighted by Gasteiger charge is -2.17. The Labute approximate surface area is 172 Å². The largest absolute Gasteiger partial charge is 0.357 e. The van der Waals surface area contributed by atoms with E-state index in [1.165, 1.54) is 5.56 Å². The monoisotopic (exact) mass is 397 g/mol. The molecule has 1 amide bonds. The number of carbonyl (C=O) groups excluding carboxylic acids is 1. The molecule has 0 saturated carbocycles. The molecule has 1 aliphatic heterocycles. The van der Waals surface area contributed by atoms with E-state index < -0.39 is 0 Å². The van der Waals surface area contributed by atoms with Crippen molar-refractivity contribution < 1.29 is 4.79 Å². The third kappa shape index (κ3) is 5.56. The van der Waals surface area contributed by atoms with Gasteiger partial charge in [0.15, 0.2) is 5.96 Å². The van der Waals surface area contributed by atoms with Gasteiger partial charge in [-0.05, 0) is 31.4 Å². The summed E-state index contributed by atoms with van der Waals surface area (Å²) in [4.78, 5) is 19.1. The van der Waals surface area contributed by atoms with Crippen molar-refractivity contribution in [2.45, 2.75) is 46.1 Å². The minimum absolute atomic E-state index is 0.183. The van der Waals surface area contributed by atoms with E-state index in [1.807, 2.05) is 34.6 Å². The van der Waals surface area contributed by atoms with Gasteiger partial charge in [0.25, 0.3) is 0 Å². The van der Waals surface area contributed by atoms with Gasteiger partial charge < -0.3 is 20.1 Å². The summed E-state index contributed by atoms with van der Waals surface area (Å²) in [5.41, 5.74) is 2.33. The molecule has 8 nitrogen and oxygen atoms in total. The Hall–Kier alpha value is -2.90. The molecular formula is C21H31N7O. The molecule has 29 heavy (non-hydrogen) atoms. The molecule has 0 radical (unpaired) electrons. The van der Waals surface area contributed by atoms with E-state index in [0.717, 1.165) is 62.9 Å². The maximum absolute atomic E-state index is 12.6. The fourth-order valence-electron chi connectivity index (χ4n) is 3.53. The minimum atomic E-state index is 0.183. The number of aromatic nitrogens is 3. The summed E-state index contributed by atoms with van der Waals surface area (Å²) in [7, 11) is 0. The number of benzene rings is 1. The summed E-state index contributed by atoms with van der Waals surface area (Å²) >= 11 is 0. The number of nitrogens with one attached hydrogen (secondary N) is 2. The van der Waals surface area contributed by atoms with Gasteiger partial charge in [-0.3, -0.25) is 9.79 Å². The van der Waals surface area contributed by atoms with Gasteiger partial charge in [-0.15, -0.1) is 10.2 Å². The lowest BCUT2D eigenvalue weighted by Crippen LogP contribution is -2.39. The van der Waals surface area contributed by atoms with Crippen LogP contribution in [0.25, 0.3) is 0 Å². The van der Waals surface area contributed by atoms with E-state index in [0.29, 0.717) is 13.0 Å². The van der Waals surface area contributed by atoms with Crippen LogP contribution in [0.5, 0.6) is 0 Å². The summed E-state index contributed by atoms with van der Waals surface area (Å²) < 4.78 is 2.04. The number of hydrogen-bond donors (Lipinski definition) is 2. The van der Waals surface area contributed by atoms with E-state index in [2.05, 4.69) is 38.8 Å². The fraction of sp³-hybridized carbons (Fsp3) is 0.524. The van der Waals surface area contributed by atoms with Crippen LogP contribution in [-0.2, 0) is 24.2 Å². The van der Waals surface area contributed by atoms with E-state index in [4.69, 9.17) is 0 Å². The summed E-state index contributed by atoms with van der Waals surface area (Å²) in [6.45, 7) is 7.83. The van der Waals surface area contributed by atoms with Crippen molar-refractivity contribution in [2.24, 2.45) is 4.99 Å². The smallest absolute Gasteiger partial charge is 0.227 e. The van der Waals surface area contributed by atoms with Crippen molar-refractivity contribution in [2.75, 3.05) is 31.1 Å². The van der Waals surface area contributed by atoms with Crippen molar-refractivity contribution in [3.8, 4) is 0 Å². The number of guanidine groups is 1. The van der Waals surface area contributed by atoms with Crippen LogP contribution in [0.3, 0.4) is 0 Å². The van der Waals surface area contributed by atoms with Gasteiger partial charge in [0.2, 0.25) is 5.91 Å². The van der Waals surface area contributed by atoms with Crippen molar-refractivity contribution in [1.82, 2.24) is 25.4 Å². The molecular weight excluding hydrogens is 366 g/mol. The number of aliphatic imine (C=N–C) groups is 1. The molecule has 3 rings (SSSR count). The Balaban J connectivity index is 1.42. The average Bonchev–Trinajstić information content (AvgIpc) is 3.37. The van der Waals surface area contributed by atoms with E-state index >= 15 is 0 Å². The molecule has 2 heterocycles. The molecule has 2 aromatic rings. The molecule has 156 valence electrons.